The van der Waals surface area contributed by atoms with E-state index in [2.05, 4.69) is 5.16 Å². The average Bonchev–Trinajstić information content (AvgIpc) is 2.44. The second-order valence-corrected chi connectivity index (χ2v) is 4.60. The van der Waals surface area contributed by atoms with E-state index >= 15 is 0 Å². The number of hydrogen-bond donors (Lipinski definition) is 0. The van der Waals surface area contributed by atoms with Crippen LogP contribution in [0.2, 0.25) is 0 Å². The standard InChI is InChI=1S/C12H20N2O2/c1-7(2)14(8(3)4)12(15)11-9(5)13-16-10(11)6/h7-8H,1-6H3. The van der Waals surface area contributed by atoms with E-state index in [9.17, 15) is 4.79 Å². The molecule has 0 radical (unpaired) electrons. The summed E-state index contributed by atoms with van der Waals surface area (Å²) in [7, 11) is 0. The van der Waals surface area contributed by atoms with E-state index in [1.807, 2.05) is 32.6 Å². The number of carbonyl (C=O) groups excluding carboxylic acids is 1. The topological polar surface area (TPSA) is 46.3 Å². The largest absolute Gasteiger partial charge is 0.361 e. The Morgan fingerprint density at radius 2 is 1.69 bits per heavy atom. The molecule has 4 nitrogen and oxygen atoms in total. The van der Waals surface area contributed by atoms with Gasteiger partial charge in [-0.15, -0.1) is 0 Å². The molecule has 1 rings (SSSR count). The Bertz CT molecular complexity index is 353. The second kappa shape index (κ2) is 4.68. The molecule has 1 aromatic heterocycles. The van der Waals surface area contributed by atoms with Gasteiger partial charge in [-0.3, -0.25) is 4.79 Å². The Kier molecular flexibility index (Phi) is 3.73. The van der Waals surface area contributed by atoms with Gasteiger partial charge < -0.3 is 9.42 Å². The van der Waals surface area contributed by atoms with Crippen LogP contribution in [-0.2, 0) is 0 Å². The molecule has 0 bridgehead atoms. The predicted molar refractivity (Wildman–Crippen MR) is 62.4 cm³/mol. The van der Waals surface area contributed by atoms with E-state index in [1.54, 1.807) is 13.8 Å². The number of amides is 1. The minimum atomic E-state index is 0.00116. The van der Waals surface area contributed by atoms with Crippen molar-refractivity contribution >= 4 is 5.91 Å². The molecule has 0 aliphatic rings. The zero-order valence-corrected chi connectivity index (χ0v) is 10.9. The fourth-order valence-corrected chi connectivity index (χ4v) is 1.98. The Morgan fingerprint density at radius 1 is 1.19 bits per heavy atom. The number of carbonyl (C=O) groups is 1. The van der Waals surface area contributed by atoms with Crippen molar-refractivity contribution in [1.29, 1.82) is 0 Å². The summed E-state index contributed by atoms with van der Waals surface area (Å²) in [5.41, 5.74) is 1.26. The lowest BCUT2D eigenvalue weighted by Crippen LogP contribution is -2.42. The normalized spacial score (nSPS) is 11.2. The third kappa shape index (κ3) is 2.26. The molecular formula is C12H20N2O2. The molecule has 0 saturated heterocycles. The van der Waals surface area contributed by atoms with Crippen LogP contribution in [0.25, 0.3) is 0 Å². The summed E-state index contributed by atoms with van der Waals surface area (Å²) in [6, 6.07) is 0.336. The fourth-order valence-electron chi connectivity index (χ4n) is 1.98. The zero-order chi connectivity index (χ0) is 12.5. The Labute approximate surface area is 96.6 Å². The van der Waals surface area contributed by atoms with Crippen LogP contribution in [0.3, 0.4) is 0 Å². The van der Waals surface area contributed by atoms with Crippen LogP contribution in [0.5, 0.6) is 0 Å². The molecule has 0 atom stereocenters. The highest BCUT2D eigenvalue weighted by Crippen LogP contribution is 2.18. The van der Waals surface area contributed by atoms with Crippen molar-refractivity contribution in [1.82, 2.24) is 10.1 Å². The van der Waals surface area contributed by atoms with Gasteiger partial charge >= 0.3 is 0 Å². The third-order valence-corrected chi connectivity index (χ3v) is 2.59. The maximum absolute atomic E-state index is 12.4. The summed E-state index contributed by atoms with van der Waals surface area (Å²) < 4.78 is 5.03. The first kappa shape index (κ1) is 12.7. The van der Waals surface area contributed by atoms with E-state index in [4.69, 9.17) is 4.52 Å². The highest BCUT2D eigenvalue weighted by molar-refractivity contribution is 5.96. The van der Waals surface area contributed by atoms with Gasteiger partial charge in [0.15, 0.2) is 0 Å². The summed E-state index contributed by atoms with van der Waals surface area (Å²) in [4.78, 5) is 14.2. The molecule has 0 spiro atoms. The number of rotatable bonds is 3. The van der Waals surface area contributed by atoms with Gasteiger partial charge in [-0.1, -0.05) is 5.16 Å². The Morgan fingerprint density at radius 3 is 2.00 bits per heavy atom. The zero-order valence-electron chi connectivity index (χ0n) is 10.9. The first-order valence-electron chi connectivity index (χ1n) is 5.61. The van der Waals surface area contributed by atoms with E-state index in [-0.39, 0.29) is 18.0 Å². The van der Waals surface area contributed by atoms with Crippen LogP contribution in [0, 0.1) is 13.8 Å². The molecule has 0 aromatic carbocycles. The molecule has 4 heteroatoms. The minimum Gasteiger partial charge on any atom is -0.361 e. The molecule has 16 heavy (non-hydrogen) atoms. The molecule has 90 valence electrons. The number of nitrogens with zero attached hydrogens (tertiary/aromatic N) is 2. The van der Waals surface area contributed by atoms with Crippen molar-refractivity contribution in [2.45, 2.75) is 53.6 Å². The van der Waals surface area contributed by atoms with Crippen molar-refractivity contribution in [3.63, 3.8) is 0 Å². The number of hydrogen-bond acceptors (Lipinski definition) is 3. The SMILES string of the molecule is Cc1noc(C)c1C(=O)N(C(C)C)C(C)C. The third-order valence-electron chi connectivity index (χ3n) is 2.59. The Hall–Kier alpha value is -1.32. The summed E-state index contributed by atoms with van der Waals surface area (Å²) in [6.45, 7) is 11.6. The molecule has 1 aromatic rings. The Balaban J connectivity index is 3.09. The molecule has 0 unspecified atom stereocenters. The fraction of sp³-hybridized carbons (Fsp3) is 0.667. The van der Waals surface area contributed by atoms with Gasteiger partial charge in [0.2, 0.25) is 0 Å². The molecule has 0 saturated carbocycles. The first-order valence-corrected chi connectivity index (χ1v) is 5.61. The van der Waals surface area contributed by atoms with Crippen molar-refractivity contribution < 1.29 is 9.32 Å². The van der Waals surface area contributed by atoms with E-state index < -0.39 is 0 Å². The molecule has 0 N–H and O–H groups in total. The van der Waals surface area contributed by atoms with Gasteiger partial charge in [-0.25, -0.2) is 0 Å². The summed E-state index contributed by atoms with van der Waals surface area (Å²) in [6.07, 6.45) is 0. The van der Waals surface area contributed by atoms with E-state index in [0.717, 1.165) is 0 Å². The van der Waals surface area contributed by atoms with Gasteiger partial charge in [0.25, 0.3) is 5.91 Å². The van der Waals surface area contributed by atoms with Crippen molar-refractivity contribution in [2.24, 2.45) is 0 Å². The average molecular weight is 224 g/mol. The van der Waals surface area contributed by atoms with Crippen LogP contribution in [0.15, 0.2) is 4.52 Å². The molecule has 0 aliphatic heterocycles. The smallest absolute Gasteiger partial charge is 0.259 e. The summed E-state index contributed by atoms with van der Waals surface area (Å²) in [5.74, 6) is 0.593. The monoisotopic (exact) mass is 224 g/mol. The molecular weight excluding hydrogens is 204 g/mol. The highest BCUT2D eigenvalue weighted by atomic mass is 16.5. The van der Waals surface area contributed by atoms with Crippen LogP contribution < -0.4 is 0 Å². The molecule has 0 fully saturated rings. The molecule has 1 heterocycles. The quantitative estimate of drug-likeness (QED) is 0.792. The first-order chi connectivity index (χ1) is 7.36. The second-order valence-electron chi connectivity index (χ2n) is 4.60. The van der Waals surface area contributed by atoms with Crippen LogP contribution in [0.4, 0.5) is 0 Å². The predicted octanol–water partition coefficient (Wildman–Crippen LogP) is 2.55. The van der Waals surface area contributed by atoms with Crippen LogP contribution in [-0.4, -0.2) is 28.0 Å². The van der Waals surface area contributed by atoms with Crippen molar-refractivity contribution in [3.05, 3.63) is 17.0 Å². The summed E-state index contributed by atoms with van der Waals surface area (Å²) in [5, 5.41) is 3.82. The lowest BCUT2D eigenvalue weighted by molar-refractivity contribution is 0.0641. The highest BCUT2D eigenvalue weighted by Gasteiger charge is 2.26. The van der Waals surface area contributed by atoms with E-state index in [0.29, 0.717) is 17.0 Å². The van der Waals surface area contributed by atoms with Crippen molar-refractivity contribution in [3.8, 4) is 0 Å². The van der Waals surface area contributed by atoms with Gasteiger partial charge in [0, 0.05) is 12.1 Å². The van der Waals surface area contributed by atoms with E-state index in [1.165, 1.54) is 0 Å². The number of aromatic nitrogens is 1. The van der Waals surface area contributed by atoms with Gasteiger partial charge in [0.1, 0.15) is 11.3 Å². The van der Waals surface area contributed by atoms with Crippen LogP contribution >= 0.6 is 0 Å². The van der Waals surface area contributed by atoms with Gasteiger partial charge in [0.05, 0.1) is 5.69 Å². The minimum absolute atomic E-state index is 0.00116. The van der Waals surface area contributed by atoms with Crippen molar-refractivity contribution in [2.75, 3.05) is 0 Å². The molecule has 0 aliphatic carbocycles. The summed E-state index contributed by atoms with van der Waals surface area (Å²) >= 11 is 0. The van der Waals surface area contributed by atoms with Gasteiger partial charge in [-0.2, -0.15) is 0 Å². The lowest BCUT2D eigenvalue weighted by atomic mass is 10.1. The maximum Gasteiger partial charge on any atom is 0.259 e. The number of aryl methyl sites for hydroxylation is 2. The van der Waals surface area contributed by atoms with Gasteiger partial charge in [-0.05, 0) is 41.5 Å². The molecule has 1 amide bonds. The van der Waals surface area contributed by atoms with Crippen LogP contribution in [0.1, 0.15) is 49.5 Å². The lowest BCUT2D eigenvalue weighted by Gasteiger charge is -2.30. The maximum atomic E-state index is 12.4.